The minimum Gasteiger partial charge on any atom is -0.478 e. The summed E-state index contributed by atoms with van der Waals surface area (Å²) in [5.41, 5.74) is 9.33. The molecule has 2 aliphatic rings. The first-order chi connectivity index (χ1) is 21.0. The zero-order valence-corrected chi connectivity index (χ0v) is 25.0. The topological polar surface area (TPSA) is 102 Å². The average molecular weight is 585 g/mol. The molecule has 0 amide bonds. The lowest BCUT2D eigenvalue weighted by atomic mass is 9.97. The molecule has 5 aromatic rings. The number of carboxylic acids is 1. The lowest BCUT2D eigenvalue weighted by Crippen LogP contribution is -2.37. The van der Waals surface area contributed by atoms with Crippen LogP contribution in [0.5, 0.6) is 0 Å². The molecule has 7 rings (SSSR count). The van der Waals surface area contributed by atoms with E-state index in [0.29, 0.717) is 12.1 Å². The van der Waals surface area contributed by atoms with E-state index in [9.17, 15) is 9.90 Å². The largest absolute Gasteiger partial charge is 0.478 e. The Kier molecular flexibility index (Phi) is 7.89. The second kappa shape index (κ2) is 11.9. The number of carbonyl (C=O) groups is 1. The third-order valence-electron chi connectivity index (χ3n) is 8.62. The molecule has 2 heterocycles. The Morgan fingerprint density at radius 3 is 2.43 bits per heavy atom. The molecule has 44 heavy (non-hydrogen) atoms. The quantitative estimate of drug-likeness (QED) is 0.219. The standard InChI is InChI=1S/C37H34N4O2.H2O/c1-3-34-39-35-24(2)20-27(36-38-31-16-10-11-17-32(31)41(36)28-14-8-5-9-15-28)22-33(35)40(34)23-25-18-19-29(30(21-25)37(42)43)26-12-6-4-7-13-26;/h4-9,12-16,18-22,32H,3,10-11,17,23H2,1-2H3,(H,42,43);1H2. The Hall–Kier alpha value is -5.01. The summed E-state index contributed by atoms with van der Waals surface area (Å²) in [5.74, 6) is 1.02. The maximum atomic E-state index is 12.3. The monoisotopic (exact) mass is 584 g/mol. The van der Waals surface area contributed by atoms with Gasteiger partial charge in [0.15, 0.2) is 0 Å². The zero-order valence-electron chi connectivity index (χ0n) is 25.0. The van der Waals surface area contributed by atoms with Crippen LogP contribution in [0.2, 0.25) is 0 Å². The van der Waals surface area contributed by atoms with Gasteiger partial charge in [0, 0.05) is 24.2 Å². The molecule has 1 unspecified atom stereocenters. The van der Waals surface area contributed by atoms with Crippen LogP contribution < -0.4 is 4.90 Å². The summed E-state index contributed by atoms with van der Waals surface area (Å²) in [6.07, 6.45) is 6.37. The van der Waals surface area contributed by atoms with E-state index in [-0.39, 0.29) is 11.5 Å². The van der Waals surface area contributed by atoms with E-state index >= 15 is 0 Å². The number of aromatic nitrogens is 2. The van der Waals surface area contributed by atoms with E-state index in [1.54, 1.807) is 0 Å². The maximum Gasteiger partial charge on any atom is 0.336 e. The van der Waals surface area contributed by atoms with Gasteiger partial charge in [-0.15, -0.1) is 0 Å². The number of carboxylic acid groups (broad SMARTS) is 1. The molecule has 0 fully saturated rings. The average Bonchev–Trinajstić information content (AvgIpc) is 3.60. The zero-order chi connectivity index (χ0) is 29.5. The SMILES string of the molecule is CCc1nc2c(C)cc(C3=NC4=CCCCC4N3c3ccccc3)cc2n1Cc1ccc(-c2ccccc2)c(C(=O)O)c1.O. The van der Waals surface area contributed by atoms with Crippen molar-refractivity contribution in [3.8, 4) is 11.1 Å². The number of hydrogen-bond donors (Lipinski definition) is 1. The fourth-order valence-electron chi connectivity index (χ4n) is 6.58. The molecule has 4 aromatic carbocycles. The second-order valence-corrected chi connectivity index (χ2v) is 11.4. The van der Waals surface area contributed by atoms with Gasteiger partial charge in [0.05, 0.1) is 28.3 Å². The number of anilines is 1. The predicted octanol–water partition coefficient (Wildman–Crippen LogP) is 7.20. The van der Waals surface area contributed by atoms with Crippen LogP contribution in [0.25, 0.3) is 22.2 Å². The number of hydrogen-bond acceptors (Lipinski definition) is 4. The molecule has 1 aromatic heterocycles. The molecule has 0 radical (unpaired) electrons. The van der Waals surface area contributed by atoms with Crippen LogP contribution in [-0.4, -0.2) is 38.0 Å². The number of allylic oxidation sites excluding steroid dienone is 1. The van der Waals surface area contributed by atoms with Crippen molar-refractivity contribution in [3.63, 3.8) is 0 Å². The molecule has 0 bridgehead atoms. The molecule has 7 heteroatoms. The van der Waals surface area contributed by atoms with Gasteiger partial charge in [-0.05, 0) is 78.8 Å². The van der Waals surface area contributed by atoms with E-state index < -0.39 is 5.97 Å². The molecule has 7 nitrogen and oxygen atoms in total. The summed E-state index contributed by atoms with van der Waals surface area (Å²) < 4.78 is 2.24. The minimum absolute atomic E-state index is 0. The van der Waals surface area contributed by atoms with Crippen LogP contribution in [0, 0.1) is 6.92 Å². The Bertz CT molecular complexity index is 1910. The van der Waals surface area contributed by atoms with Crippen LogP contribution in [0.1, 0.15) is 59.1 Å². The number of aromatic carboxylic acids is 1. The van der Waals surface area contributed by atoms with Gasteiger partial charge in [0.25, 0.3) is 0 Å². The van der Waals surface area contributed by atoms with Crippen molar-refractivity contribution in [2.45, 2.75) is 52.1 Å². The summed E-state index contributed by atoms with van der Waals surface area (Å²) in [6, 6.07) is 30.7. The molecule has 0 spiro atoms. The predicted molar refractivity (Wildman–Crippen MR) is 177 cm³/mol. The molecule has 0 saturated carbocycles. The number of fused-ring (bicyclic) bond motifs is 2. The van der Waals surface area contributed by atoms with Crippen LogP contribution in [0.15, 0.2) is 108 Å². The highest BCUT2D eigenvalue weighted by Crippen LogP contribution is 2.37. The molecule has 1 atom stereocenters. The van der Waals surface area contributed by atoms with Gasteiger partial charge in [-0.3, -0.25) is 0 Å². The van der Waals surface area contributed by atoms with E-state index in [1.807, 2.05) is 48.5 Å². The van der Waals surface area contributed by atoms with Crippen LogP contribution in [-0.2, 0) is 13.0 Å². The van der Waals surface area contributed by atoms with Gasteiger partial charge < -0.3 is 20.0 Å². The Morgan fingerprint density at radius 2 is 1.70 bits per heavy atom. The summed E-state index contributed by atoms with van der Waals surface area (Å²) in [4.78, 5) is 25.0. The number of para-hydroxylation sites is 1. The van der Waals surface area contributed by atoms with Crippen molar-refractivity contribution in [2.24, 2.45) is 4.99 Å². The number of aryl methyl sites for hydroxylation is 2. The Balaban J connectivity index is 0.00000343. The molecule has 222 valence electrons. The number of amidine groups is 1. The summed E-state index contributed by atoms with van der Waals surface area (Å²) in [7, 11) is 0. The number of imidazole rings is 1. The van der Waals surface area contributed by atoms with Crippen molar-refractivity contribution in [1.82, 2.24) is 9.55 Å². The third-order valence-corrected chi connectivity index (χ3v) is 8.62. The maximum absolute atomic E-state index is 12.3. The molecule has 1 aliphatic heterocycles. The van der Waals surface area contributed by atoms with Gasteiger partial charge in [-0.1, -0.05) is 73.7 Å². The van der Waals surface area contributed by atoms with E-state index in [4.69, 9.17) is 9.98 Å². The molecule has 0 saturated heterocycles. The summed E-state index contributed by atoms with van der Waals surface area (Å²) in [5, 5.41) is 10.1. The normalized spacial score (nSPS) is 15.9. The van der Waals surface area contributed by atoms with Crippen molar-refractivity contribution in [3.05, 3.63) is 131 Å². The molecular formula is C37H36N4O3. The first kappa shape index (κ1) is 29.1. The number of aliphatic imine (C=N–C) groups is 1. The lowest BCUT2D eigenvalue weighted by molar-refractivity contribution is 0.0697. The van der Waals surface area contributed by atoms with E-state index in [0.717, 1.165) is 87.6 Å². The molecule has 3 N–H and O–H groups in total. The lowest BCUT2D eigenvalue weighted by Gasteiger charge is -2.30. The fraction of sp³-hybridized carbons (Fsp3) is 0.216. The van der Waals surface area contributed by atoms with Crippen molar-refractivity contribution < 1.29 is 15.4 Å². The van der Waals surface area contributed by atoms with E-state index in [1.165, 1.54) is 0 Å². The van der Waals surface area contributed by atoms with Gasteiger partial charge in [-0.25, -0.2) is 14.8 Å². The van der Waals surface area contributed by atoms with Gasteiger partial charge in [0.2, 0.25) is 0 Å². The summed E-state index contributed by atoms with van der Waals surface area (Å²) >= 11 is 0. The van der Waals surface area contributed by atoms with Gasteiger partial charge in [0.1, 0.15) is 11.7 Å². The van der Waals surface area contributed by atoms with Crippen molar-refractivity contribution in [1.29, 1.82) is 0 Å². The van der Waals surface area contributed by atoms with Crippen LogP contribution in [0.3, 0.4) is 0 Å². The van der Waals surface area contributed by atoms with Gasteiger partial charge in [-0.2, -0.15) is 0 Å². The number of nitrogens with zero attached hydrogens (tertiary/aromatic N) is 4. The second-order valence-electron chi connectivity index (χ2n) is 11.4. The number of rotatable bonds is 7. The van der Waals surface area contributed by atoms with Crippen molar-refractivity contribution in [2.75, 3.05) is 4.90 Å². The van der Waals surface area contributed by atoms with Crippen LogP contribution in [0.4, 0.5) is 5.69 Å². The highest BCUT2D eigenvalue weighted by atomic mass is 16.4. The van der Waals surface area contributed by atoms with Crippen molar-refractivity contribution >= 4 is 28.5 Å². The highest BCUT2D eigenvalue weighted by molar-refractivity contribution is 6.14. The highest BCUT2D eigenvalue weighted by Gasteiger charge is 2.35. The fourth-order valence-corrected chi connectivity index (χ4v) is 6.58. The first-order valence-corrected chi connectivity index (χ1v) is 15.1. The smallest absolute Gasteiger partial charge is 0.336 e. The molecular weight excluding hydrogens is 548 g/mol. The minimum atomic E-state index is -0.930. The Morgan fingerprint density at radius 1 is 0.955 bits per heavy atom. The number of benzene rings is 4. The summed E-state index contributed by atoms with van der Waals surface area (Å²) in [6.45, 7) is 4.76. The first-order valence-electron chi connectivity index (χ1n) is 15.1. The molecule has 1 aliphatic carbocycles. The van der Waals surface area contributed by atoms with Crippen LogP contribution >= 0.6 is 0 Å². The van der Waals surface area contributed by atoms with E-state index in [2.05, 4.69) is 71.9 Å². The Labute approximate surface area is 257 Å². The third kappa shape index (κ3) is 5.09. The van der Waals surface area contributed by atoms with Gasteiger partial charge >= 0.3 is 5.97 Å².